The predicted octanol–water partition coefficient (Wildman–Crippen LogP) is 3.70. The summed E-state index contributed by atoms with van der Waals surface area (Å²) in [5, 5.41) is 17.1. The number of hydrogen-bond donors (Lipinski definition) is 3. The van der Waals surface area contributed by atoms with E-state index in [1.54, 1.807) is 13.0 Å². The largest absolute Gasteiger partial charge is 0.486 e. The van der Waals surface area contributed by atoms with Gasteiger partial charge in [0.1, 0.15) is 36.0 Å². The second-order valence-corrected chi connectivity index (χ2v) is 12.8. The molecule has 3 heterocycles. The van der Waals surface area contributed by atoms with E-state index in [2.05, 4.69) is 42.6 Å². The van der Waals surface area contributed by atoms with Crippen LogP contribution in [0.4, 0.5) is 5.82 Å². The topological polar surface area (TPSA) is 143 Å². The van der Waals surface area contributed by atoms with Crippen LogP contribution in [0.1, 0.15) is 72.1 Å². The number of nitrogens with zero attached hydrogens (tertiary/aromatic N) is 4. The zero-order valence-corrected chi connectivity index (χ0v) is 25.5. The number of anilines is 1. The van der Waals surface area contributed by atoms with Gasteiger partial charge in [0, 0.05) is 44.2 Å². The maximum absolute atomic E-state index is 12.9. The second kappa shape index (κ2) is 13.4. The molecule has 11 heteroatoms. The highest BCUT2D eigenvalue weighted by Gasteiger charge is 2.37. The molecule has 1 aromatic carbocycles. The molecule has 234 valence electrons. The molecule has 6 rings (SSSR count). The van der Waals surface area contributed by atoms with E-state index >= 15 is 0 Å². The summed E-state index contributed by atoms with van der Waals surface area (Å²) in [4.78, 5) is 39.6. The predicted molar refractivity (Wildman–Crippen MR) is 163 cm³/mol. The number of aliphatic hydroxyl groups excluding tert-OH is 1. The average molecular weight is 603 g/mol. The molecule has 3 aromatic rings. The minimum Gasteiger partial charge on any atom is -0.486 e. The molecule has 0 spiro atoms. The first kappa shape index (κ1) is 30.2. The van der Waals surface area contributed by atoms with Gasteiger partial charge in [0.15, 0.2) is 12.2 Å². The number of nitrogens with one attached hydrogen (secondary N) is 2. The summed E-state index contributed by atoms with van der Waals surface area (Å²) in [6.07, 6.45) is 8.15. The number of aliphatic hydroxyl groups is 1. The standard InChI is InChI=1S/C33H42N6O5/c1-20-31(44-19-37-20)17-43-29-4-3-25-15-39(6-5-24(25)12-29)16-28(41)14-34-33(42)30-13-32(36-18-35-30)38-27-10-22-7-23(11-27)9-26(8-22)21(2)40/h3-4,12-13,18-19,22-23,26-28,41H,5-11,14-17H2,1-2H3,(H,34,42)(H,35,36,38)/t22-,23+,26?,27?,28-/m0/s1. The fourth-order valence-corrected chi connectivity index (χ4v) is 7.18. The third-order valence-electron chi connectivity index (χ3n) is 9.42. The lowest BCUT2D eigenvalue weighted by Gasteiger charge is -2.42. The van der Waals surface area contributed by atoms with E-state index < -0.39 is 6.10 Å². The average Bonchev–Trinajstić information content (AvgIpc) is 3.42. The molecule has 2 aromatic heterocycles. The smallest absolute Gasteiger partial charge is 0.270 e. The molecule has 5 atom stereocenters. The van der Waals surface area contributed by atoms with Gasteiger partial charge in [-0.2, -0.15) is 0 Å². The molecule has 0 radical (unpaired) electrons. The molecule has 44 heavy (non-hydrogen) atoms. The molecule has 2 saturated carbocycles. The molecule has 2 bridgehead atoms. The van der Waals surface area contributed by atoms with E-state index in [1.165, 1.54) is 30.3 Å². The molecular weight excluding hydrogens is 560 g/mol. The third-order valence-corrected chi connectivity index (χ3v) is 9.42. The minimum atomic E-state index is -0.715. The van der Waals surface area contributed by atoms with Gasteiger partial charge >= 0.3 is 0 Å². The fraction of sp³-hybridized carbons (Fsp3) is 0.545. The summed E-state index contributed by atoms with van der Waals surface area (Å²) in [5.74, 6) is 3.45. The van der Waals surface area contributed by atoms with Crippen LogP contribution in [0.25, 0.3) is 0 Å². The Kier molecular flexibility index (Phi) is 9.22. The van der Waals surface area contributed by atoms with Crippen molar-refractivity contribution in [3.8, 4) is 5.75 Å². The Bertz CT molecular complexity index is 1460. The van der Waals surface area contributed by atoms with Gasteiger partial charge in [-0.15, -0.1) is 0 Å². The van der Waals surface area contributed by atoms with E-state index in [1.807, 2.05) is 13.0 Å². The Hall–Kier alpha value is -3.83. The summed E-state index contributed by atoms with van der Waals surface area (Å²) >= 11 is 0. The lowest BCUT2D eigenvalue weighted by Crippen LogP contribution is -2.42. The lowest BCUT2D eigenvalue weighted by molar-refractivity contribution is -0.123. The molecular formula is C33H42N6O5. The number of carbonyl (C=O) groups is 2. The number of rotatable bonds is 11. The maximum Gasteiger partial charge on any atom is 0.270 e. The first-order valence-corrected chi connectivity index (χ1v) is 15.7. The number of hydrogen-bond acceptors (Lipinski definition) is 10. The highest BCUT2D eigenvalue weighted by Crippen LogP contribution is 2.43. The number of β-amino-alcohol motifs (C(OH)–C–C–N with tert-alkyl or cyclic N) is 1. The van der Waals surface area contributed by atoms with Crippen LogP contribution in [0.2, 0.25) is 0 Å². The van der Waals surface area contributed by atoms with Crippen LogP contribution in [0.3, 0.4) is 0 Å². The Labute approximate surface area is 257 Å². The normalized spacial score (nSPS) is 23.8. The van der Waals surface area contributed by atoms with Gasteiger partial charge < -0.3 is 24.9 Å². The van der Waals surface area contributed by atoms with E-state index in [0.717, 1.165) is 62.4 Å². The summed E-state index contributed by atoms with van der Waals surface area (Å²) in [5.41, 5.74) is 3.54. The number of fused-ring (bicyclic) bond motifs is 3. The van der Waals surface area contributed by atoms with Crippen molar-refractivity contribution >= 4 is 17.5 Å². The van der Waals surface area contributed by atoms with Crippen molar-refractivity contribution in [2.75, 3.05) is 25.0 Å². The van der Waals surface area contributed by atoms with E-state index in [4.69, 9.17) is 9.15 Å². The van der Waals surface area contributed by atoms with Crippen LogP contribution >= 0.6 is 0 Å². The van der Waals surface area contributed by atoms with Crippen molar-refractivity contribution in [2.24, 2.45) is 17.8 Å². The number of Topliss-reactive ketones (excluding diaryl/α,β-unsaturated/α-hetero) is 1. The Morgan fingerprint density at radius 1 is 1.09 bits per heavy atom. The number of oxazole rings is 1. The Morgan fingerprint density at radius 2 is 1.91 bits per heavy atom. The van der Waals surface area contributed by atoms with Crippen LogP contribution in [-0.4, -0.2) is 68.4 Å². The molecule has 1 aliphatic heterocycles. The van der Waals surface area contributed by atoms with Gasteiger partial charge in [-0.3, -0.25) is 14.5 Å². The monoisotopic (exact) mass is 602 g/mol. The van der Waals surface area contributed by atoms with Crippen molar-refractivity contribution in [3.63, 3.8) is 0 Å². The van der Waals surface area contributed by atoms with Crippen LogP contribution < -0.4 is 15.4 Å². The molecule has 3 N–H and O–H groups in total. The van der Waals surface area contributed by atoms with Gasteiger partial charge in [-0.25, -0.2) is 15.0 Å². The van der Waals surface area contributed by atoms with Gasteiger partial charge in [-0.05, 0) is 87.5 Å². The third kappa shape index (κ3) is 7.44. The van der Waals surface area contributed by atoms with E-state index in [-0.39, 0.29) is 30.1 Å². The van der Waals surface area contributed by atoms with Gasteiger partial charge in [0.25, 0.3) is 5.91 Å². The molecule has 3 aliphatic rings. The van der Waals surface area contributed by atoms with Gasteiger partial charge in [-0.1, -0.05) is 6.07 Å². The van der Waals surface area contributed by atoms with E-state index in [9.17, 15) is 14.7 Å². The molecule has 2 aliphatic carbocycles. The van der Waals surface area contributed by atoms with E-state index in [0.29, 0.717) is 36.6 Å². The zero-order chi connectivity index (χ0) is 30.6. The SMILES string of the molecule is CC(=O)C1C[C@H]2CC(Nc3cc(C(=O)NC[C@H](O)CN4CCc5cc(OCc6ocnc6C)ccc5C4)ncn3)C[C@@H](C1)C2. The summed E-state index contributed by atoms with van der Waals surface area (Å²) in [6.45, 7) is 6.06. The van der Waals surface area contributed by atoms with Crippen molar-refractivity contribution in [1.82, 2.24) is 25.2 Å². The summed E-state index contributed by atoms with van der Waals surface area (Å²) in [6, 6.07) is 8.05. The number of benzene rings is 1. The summed E-state index contributed by atoms with van der Waals surface area (Å²) in [7, 11) is 0. The number of amides is 1. The number of aryl methyl sites for hydroxylation is 1. The number of carbonyl (C=O) groups excluding carboxylic acids is 2. The van der Waals surface area contributed by atoms with Crippen molar-refractivity contribution in [1.29, 1.82) is 0 Å². The highest BCUT2D eigenvalue weighted by molar-refractivity contribution is 5.92. The van der Waals surface area contributed by atoms with Crippen LogP contribution in [-0.2, 0) is 24.4 Å². The molecule has 2 fully saturated rings. The highest BCUT2D eigenvalue weighted by atomic mass is 16.5. The lowest BCUT2D eigenvalue weighted by atomic mass is 9.66. The Morgan fingerprint density at radius 3 is 2.66 bits per heavy atom. The molecule has 11 nitrogen and oxygen atoms in total. The second-order valence-electron chi connectivity index (χ2n) is 12.8. The first-order chi connectivity index (χ1) is 21.3. The molecule has 2 unspecified atom stereocenters. The van der Waals surface area contributed by atoms with Crippen molar-refractivity contribution in [3.05, 3.63) is 65.3 Å². The number of ketones is 1. The van der Waals surface area contributed by atoms with Crippen molar-refractivity contribution in [2.45, 2.75) is 77.7 Å². The molecule has 0 saturated heterocycles. The van der Waals surface area contributed by atoms with Crippen molar-refractivity contribution < 1.29 is 23.8 Å². The van der Waals surface area contributed by atoms with Crippen LogP contribution in [0.5, 0.6) is 5.75 Å². The number of aromatic nitrogens is 3. The number of ether oxygens (including phenoxy) is 1. The van der Waals surface area contributed by atoms with Crippen LogP contribution in [0.15, 0.2) is 41.4 Å². The quantitative estimate of drug-likeness (QED) is 0.297. The maximum atomic E-state index is 12.9. The van der Waals surface area contributed by atoms with Crippen LogP contribution in [0, 0.1) is 24.7 Å². The summed E-state index contributed by atoms with van der Waals surface area (Å²) < 4.78 is 11.3. The molecule has 1 amide bonds. The minimum absolute atomic E-state index is 0.131. The Balaban J connectivity index is 0.947. The first-order valence-electron chi connectivity index (χ1n) is 15.7. The zero-order valence-electron chi connectivity index (χ0n) is 25.5. The fourth-order valence-electron chi connectivity index (χ4n) is 7.18. The van der Waals surface area contributed by atoms with Gasteiger partial charge in [0.2, 0.25) is 0 Å². The van der Waals surface area contributed by atoms with Gasteiger partial charge in [0.05, 0.1) is 11.8 Å².